The topological polar surface area (TPSA) is 69.6 Å². The number of pyridine rings is 3. The van der Waals surface area contributed by atoms with Gasteiger partial charge in [0.15, 0.2) is 0 Å². The van der Waals surface area contributed by atoms with Gasteiger partial charge < -0.3 is 8.98 Å². The van der Waals surface area contributed by atoms with Crippen molar-refractivity contribution < 1.29 is 24.5 Å². The third-order valence-corrected chi connectivity index (χ3v) is 13.8. The average molecular weight is 943 g/mol. The molecular formula is C46H39GeIrN5O-2. The first-order valence-corrected chi connectivity index (χ1v) is 25.3. The maximum atomic E-state index is 6.40. The van der Waals surface area contributed by atoms with Crippen LogP contribution >= 0.6 is 0 Å². The van der Waals surface area contributed by atoms with Gasteiger partial charge >= 0.3 is 113 Å². The Bertz CT molecular complexity index is 2700. The van der Waals surface area contributed by atoms with Crippen LogP contribution in [0.15, 0.2) is 138 Å². The number of hydrogen-bond acceptors (Lipinski definition) is 5. The first kappa shape index (κ1) is 37.1. The van der Waals surface area contributed by atoms with Crippen LogP contribution in [0.25, 0.3) is 72.7 Å². The van der Waals surface area contributed by atoms with Crippen molar-refractivity contribution in [3.63, 3.8) is 0 Å². The van der Waals surface area contributed by atoms with E-state index in [1.807, 2.05) is 104 Å². The normalized spacial score (nSPS) is 11.4. The number of furan rings is 1. The number of aryl methyl sites for hydroxylation is 2. The van der Waals surface area contributed by atoms with E-state index in [1.165, 1.54) is 9.96 Å². The van der Waals surface area contributed by atoms with E-state index in [0.717, 1.165) is 79.1 Å². The molecule has 0 aliphatic carbocycles. The van der Waals surface area contributed by atoms with Crippen molar-refractivity contribution in [1.29, 1.82) is 0 Å². The Hall–Kier alpha value is -5.21. The van der Waals surface area contributed by atoms with Crippen LogP contribution in [-0.2, 0) is 26.5 Å². The molecule has 54 heavy (non-hydrogen) atoms. The zero-order valence-electron chi connectivity index (χ0n) is 30.9. The summed E-state index contributed by atoms with van der Waals surface area (Å²) >= 11 is -1.80. The summed E-state index contributed by atoms with van der Waals surface area (Å²) in [6, 6.07) is 47.3. The molecule has 0 unspecified atom stereocenters. The number of para-hydroxylation sites is 1. The summed E-state index contributed by atoms with van der Waals surface area (Å²) in [5, 5.41) is 1.96. The number of fused-ring (bicyclic) bond motifs is 4. The van der Waals surface area contributed by atoms with Gasteiger partial charge in [-0.05, 0) is 37.3 Å². The maximum absolute atomic E-state index is 6.40. The summed E-state index contributed by atoms with van der Waals surface area (Å²) in [6.45, 7) is 4.20. The number of nitrogens with zero attached hydrogens (tertiary/aromatic N) is 5. The van der Waals surface area contributed by atoms with Gasteiger partial charge in [0.1, 0.15) is 0 Å². The molecule has 0 aliphatic rings. The van der Waals surface area contributed by atoms with Crippen LogP contribution in [0, 0.1) is 19.1 Å². The van der Waals surface area contributed by atoms with Crippen molar-refractivity contribution in [3.05, 3.63) is 157 Å². The van der Waals surface area contributed by atoms with E-state index in [-0.39, 0.29) is 20.1 Å². The number of imidazole rings is 1. The molecule has 0 atom stereocenters. The Kier molecular flexibility index (Phi) is 10.8. The molecule has 0 aliphatic heterocycles. The van der Waals surface area contributed by atoms with Gasteiger partial charge in [-0.15, -0.1) is 18.2 Å². The van der Waals surface area contributed by atoms with Gasteiger partial charge in [-0.1, -0.05) is 59.5 Å². The summed E-state index contributed by atoms with van der Waals surface area (Å²) in [5.74, 6) is 8.02. The Morgan fingerprint density at radius 2 is 1.48 bits per heavy atom. The molecule has 0 amide bonds. The van der Waals surface area contributed by atoms with Gasteiger partial charge in [-0.3, -0.25) is 9.97 Å². The number of rotatable bonds is 6. The summed E-state index contributed by atoms with van der Waals surface area (Å²) in [5.41, 5.74) is 11.4. The second-order valence-electron chi connectivity index (χ2n) is 14.1. The van der Waals surface area contributed by atoms with E-state index < -0.39 is 13.3 Å². The van der Waals surface area contributed by atoms with Crippen LogP contribution in [0.3, 0.4) is 0 Å². The van der Waals surface area contributed by atoms with Gasteiger partial charge in [-0.25, -0.2) is 4.98 Å². The quantitative estimate of drug-likeness (QED) is 0.123. The van der Waals surface area contributed by atoms with Crippen LogP contribution in [-0.4, -0.2) is 37.8 Å². The van der Waals surface area contributed by atoms with Gasteiger partial charge in [-0.2, -0.15) is 0 Å². The van der Waals surface area contributed by atoms with Crippen molar-refractivity contribution in [2.24, 2.45) is 0 Å². The van der Waals surface area contributed by atoms with Crippen LogP contribution in [0.2, 0.25) is 17.3 Å². The smallest absolute Gasteiger partial charge is 0.216 e. The van der Waals surface area contributed by atoms with E-state index in [1.54, 1.807) is 0 Å². The molecule has 0 N–H and O–H groups in total. The van der Waals surface area contributed by atoms with Gasteiger partial charge in [0.2, 0.25) is 5.71 Å². The third kappa shape index (κ3) is 7.32. The molecule has 6 nitrogen and oxygen atoms in total. The molecule has 1 radical (unpaired) electrons. The van der Waals surface area contributed by atoms with E-state index in [4.69, 9.17) is 14.4 Å². The molecule has 9 aromatic rings. The van der Waals surface area contributed by atoms with Crippen LogP contribution in [0.1, 0.15) is 18.2 Å². The average Bonchev–Trinajstić information content (AvgIpc) is 3.76. The molecule has 0 bridgehead atoms. The van der Waals surface area contributed by atoms with E-state index >= 15 is 0 Å². The molecule has 0 saturated carbocycles. The minimum absolute atomic E-state index is 0. The molecule has 5 aromatic heterocycles. The van der Waals surface area contributed by atoms with Gasteiger partial charge in [0.05, 0.1) is 34.3 Å². The fourth-order valence-electron chi connectivity index (χ4n) is 6.81. The van der Waals surface area contributed by atoms with Crippen molar-refractivity contribution >= 4 is 50.8 Å². The molecular weight excluding hydrogens is 903 g/mol. The van der Waals surface area contributed by atoms with Crippen LogP contribution in [0.5, 0.6) is 0 Å². The summed E-state index contributed by atoms with van der Waals surface area (Å²) in [6.07, 6.45) is 5.07. The minimum atomic E-state index is -1.80. The van der Waals surface area contributed by atoms with E-state index in [2.05, 4.69) is 87.4 Å². The van der Waals surface area contributed by atoms with Crippen LogP contribution in [0.4, 0.5) is 0 Å². The van der Waals surface area contributed by atoms with Crippen molar-refractivity contribution in [3.8, 4) is 39.6 Å². The first-order valence-electron chi connectivity index (χ1n) is 17.9. The molecule has 4 aromatic carbocycles. The molecule has 5 heterocycles. The standard InChI is InChI=1S/C30H19N4O.C16H20GeN.Ir/c1-19-17-26-27(18-31-19)34(21-11-6-3-7-12-21)29(32-26)24-14-8-13-22-23-15-16-25(20-9-4-2-5-10-20)33-30(23)35-28(22)24;1-5-13-11-16(14-9-7-6-8-10-14)18-12-15(13)17(2,3)4;/h2-13,15-18H,1H3;6-9,11-12H,5H2,1-4H3;/q2*-1;. The Labute approximate surface area is 332 Å². The first-order chi connectivity index (χ1) is 25.8. The Balaban J connectivity index is 0.000000201. The predicted molar refractivity (Wildman–Crippen MR) is 219 cm³/mol. The van der Waals surface area contributed by atoms with E-state index in [0.29, 0.717) is 5.71 Å². The van der Waals surface area contributed by atoms with Gasteiger partial charge in [0.25, 0.3) is 0 Å². The fourth-order valence-corrected chi connectivity index (χ4v) is 10.3. The Morgan fingerprint density at radius 1 is 0.722 bits per heavy atom. The molecule has 9 rings (SSSR count). The van der Waals surface area contributed by atoms with Crippen molar-refractivity contribution in [2.75, 3.05) is 0 Å². The zero-order valence-corrected chi connectivity index (χ0v) is 35.4. The number of aromatic nitrogens is 5. The van der Waals surface area contributed by atoms with Crippen molar-refractivity contribution in [1.82, 2.24) is 24.5 Å². The molecule has 8 heteroatoms. The molecule has 0 spiro atoms. The second-order valence-corrected chi connectivity index (χ2v) is 24.7. The third-order valence-electron chi connectivity index (χ3n) is 9.45. The van der Waals surface area contributed by atoms with Crippen LogP contribution < -0.4 is 4.40 Å². The zero-order chi connectivity index (χ0) is 36.5. The second kappa shape index (κ2) is 15.6. The maximum Gasteiger partial charge on any atom is 0.216 e. The minimum Gasteiger partial charge on any atom is -0.486 e. The summed E-state index contributed by atoms with van der Waals surface area (Å²) in [4.78, 5) is 19.0. The summed E-state index contributed by atoms with van der Waals surface area (Å²) < 4.78 is 10.0. The fraction of sp³-hybridized carbons (Fsp3) is 0.130. The monoisotopic (exact) mass is 944 g/mol. The van der Waals surface area contributed by atoms with Crippen molar-refractivity contribution in [2.45, 2.75) is 37.5 Å². The Morgan fingerprint density at radius 3 is 2.20 bits per heavy atom. The summed E-state index contributed by atoms with van der Waals surface area (Å²) in [7, 11) is 0. The molecule has 0 saturated heterocycles. The SMILES string of the molecule is CCc1cc(-c2[c-]cccc2)nc[c]1[Ge]([CH3])([CH3])[CH3].Cc1cc2nc(-c3[c-]ccc4c3oc3nc(-c5ccccc5)ccc34)n(-c3ccccc3)c2cn1.[Ir]. The number of hydrogen-bond donors (Lipinski definition) is 0. The number of benzene rings is 4. The molecule has 269 valence electrons. The van der Waals surface area contributed by atoms with Gasteiger partial charge in [0, 0.05) is 42.4 Å². The predicted octanol–water partition coefficient (Wildman–Crippen LogP) is 10.8. The van der Waals surface area contributed by atoms with E-state index in [9.17, 15) is 0 Å². The molecule has 0 fully saturated rings. The largest absolute Gasteiger partial charge is 0.486 e.